The highest BCUT2D eigenvalue weighted by atomic mass is 32.1. The zero-order valence-electron chi connectivity index (χ0n) is 12.1. The minimum absolute atomic E-state index is 1.23. The van der Waals surface area contributed by atoms with E-state index in [1.165, 1.54) is 21.3 Å². The van der Waals surface area contributed by atoms with Gasteiger partial charge in [0.2, 0.25) is 0 Å². The van der Waals surface area contributed by atoms with E-state index in [-0.39, 0.29) is 0 Å². The lowest BCUT2D eigenvalue weighted by molar-refractivity contribution is 1.37. The van der Waals surface area contributed by atoms with Gasteiger partial charge >= 0.3 is 0 Å². The Labute approximate surface area is 134 Å². The molecule has 0 N–H and O–H groups in total. The number of aromatic nitrogens is 1. The van der Waals surface area contributed by atoms with Gasteiger partial charge in [-0.3, -0.25) is 4.98 Å². The van der Waals surface area contributed by atoms with Crippen molar-refractivity contribution in [1.29, 1.82) is 0 Å². The zero-order chi connectivity index (χ0) is 14.7. The highest BCUT2D eigenvalue weighted by Crippen LogP contribution is 2.30. The van der Waals surface area contributed by atoms with Crippen LogP contribution < -0.4 is 5.32 Å². The van der Waals surface area contributed by atoms with E-state index in [9.17, 15) is 0 Å². The molecular weight excluding hydrogens is 310 g/mol. The first-order valence-electron chi connectivity index (χ1n) is 6.88. The number of hydrogen-bond donors (Lipinski definition) is 0. The molecule has 0 aliphatic rings. The first-order chi connectivity index (χ1) is 10.2. The monoisotopic (exact) mass is 327 g/mol. The summed E-state index contributed by atoms with van der Waals surface area (Å²) in [7, 11) is -1.72. The molecule has 0 radical (unpaired) electrons. The Bertz CT molecular complexity index is 677. The Morgan fingerprint density at radius 3 is 2.62 bits per heavy atom. The summed E-state index contributed by atoms with van der Waals surface area (Å²) in [6.45, 7) is 4.71. The summed E-state index contributed by atoms with van der Waals surface area (Å²) in [6.07, 6.45) is 1.90. The molecule has 21 heavy (non-hydrogen) atoms. The number of rotatable bonds is 4. The number of hydrogen-bond acceptors (Lipinski definition) is 3. The fourth-order valence-electron chi connectivity index (χ4n) is 2.32. The molecule has 4 heteroatoms. The molecular formula is C17H17NS2Si. The van der Waals surface area contributed by atoms with Crippen molar-refractivity contribution in [1.82, 2.24) is 4.98 Å². The van der Waals surface area contributed by atoms with Crippen molar-refractivity contribution in [3.8, 4) is 0 Å². The molecule has 0 atom stereocenters. The molecule has 0 fully saturated rings. The lowest BCUT2D eigenvalue weighted by Crippen LogP contribution is -2.41. The average Bonchev–Trinajstić information content (AvgIpc) is 3.19. The van der Waals surface area contributed by atoms with Crippen molar-refractivity contribution in [3.63, 3.8) is 0 Å². The van der Waals surface area contributed by atoms with Crippen molar-refractivity contribution in [2.45, 2.75) is 13.1 Å². The lowest BCUT2D eigenvalue weighted by atomic mass is 10.1. The van der Waals surface area contributed by atoms with Crippen LogP contribution in [0.1, 0.15) is 10.4 Å². The molecule has 3 aromatic heterocycles. The fraction of sp³-hybridized carbons (Fsp3) is 0.118. The largest absolute Gasteiger partial charge is 0.266 e. The van der Waals surface area contributed by atoms with Crippen LogP contribution in [0.15, 0.2) is 64.4 Å². The third-order valence-electron chi connectivity index (χ3n) is 3.45. The molecule has 0 bridgehead atoms. The van der Waals surface area contributed by atoms with Gasteiger partial charge in [-0.25, -0.2) is 0 Å². The van der Waals surface area contributed by atoms with E-state index in [2.05, 4.69) is 70.2 Å². The van der Waals surface area contributed by atoms with Crippen molar-refractivity contribution < 1.29 is 0 Å². The molecule has 0 saturated heterocycles. The maximum atomic E-state index is 4.59. The molecule has 0 unspecified atom stereocenters. The standard InChI is InChI=1S/C17H17NS2Si/c1-21(2,17-7-3-4-9-18-17)13-15(14-8-11-19-12-14)16-6-5-10-20-16/h3-13H,1-2H3/b15-13-. The fourth-order valence-corrected chi connectivity index (χ4v) is 5.97. The summed E-state index contributed by atoms with van der Waals surface area (Å²) in [5, 5.41) is 7.75. The van der Waals surface area contributed by atoms with Crippen LogP contribution in [0.3, 0.4) is 0 Å². The van der Waals surface area contributed by atoms with Crippen LogP contribution in [-0.2, 0) is 0 Å². The summed E-state index contributed by atoms with van der Waals surface area (Å²) >= 11 is 3.55. The van der Waals surface area contributed by atoms with Gasteiger partial charge in [-0.15, -0.1) is 11.3 Å². The third kappa shape index (κ3) is 3.23. The van der Waals surface area contributed by atoms with Gasteiger partial charge in [0.05, 0.1) is 0 Å². The normalized spacial score (nSPS) is 12.6. The highest BCUT2D eigenvalue weighted by molar-refractivity contribution is 7.11. The predicted octanol–water partition coefficient (Wildman–Crippen LogP) is 4.79. The van der Waals surface area contributed by atoms with Gasteiger partial charge < -0.3 is 0 Å². The summed E-state index contributed by atoms with van der Waals surface area (Å²) < 4.78 is 0. The van der Waals surface area contributed by atoms with Gasteiger partial charge in [-0.1, -0.05) is 30.9 Å². The van der Waals surface area contributed by atoms with Crippen molar-refractivity contribution in [2.24, 2.45) is 0 Å². The van der Waals surface area contributed by atoms with Crippen LogP contribution in [0.4, 0.5) is 0 Å². The van der Waals surface area contributed by atoms with Crippen LogP contribution in [0.5, 0.6) is 0 Å². The maximum Gasteiger partial charge on any atom is 0.128 e. The second kappa shape index (κ2) is 6.09. The predicted molar refractivity (Wildman–Crippen MR) is 97.1 cm³/mol. The van der Waals surface area contributed by atoms with Gasteiger partial charge in [-0.2, -0.15) is 11.3 Å². The van der Waals surface area contributed by atoms with Gasteiger partial charge in [-0.05, 0) is 51.5 Å². The maximum absolute atomic E-state index is 4.59. The summed E-state index contributed by atoms with van der Waals surface area (Å²) in [5.41, 5.74) is 5.15. The highest BCUT2D eigenvalue weighted by Gasteiger charge is 2.24. The van der Waals surface area contributed by atoms with E-state index in [1.807, 2.05) is 12.3 Å². The van der Waals surface area contributed by atoms with E-state index < -0.39 is 8.07 Å². The van der Waals surface area contributed by atoms with Crippen molar-refractivity contribution in [3.05, 3.63) is 74.9 Å². The van der Waals surface area contributed by atoms with Crippen molar-refractivity contribution in [2.75, 3.05) is 0 Å². The van der Waals surface area contributed by atoms with Crippen LogP contribution >= 0.6 is 22.7 Å². The average molecular weight is 328 g/mol. The first-order valence-corrected chi connectivity index (χ1v) is 11.8. The molecule has 0 amide bonds. The number of thiophene rings is 2. The molecule has 3 heterocycles. The first kappa shape index (κ1) is 14.4. The minimum atomic E-state index is -1.72. The molecule has 3 rings (SSSR count). The van der Waals surface area contributed by atoms with Gasteiger partial charge in [0, 0.05) is 16.4 Å². The van der Waals surface area contributed by atoms with E-state index >= 15 is 0 Å². The molecule has 0 aromatic carbocycles. The Kier molecular flexibility index (Phi) is 4.19. The van der Waals surface area contributed by atoms with E-state index in [4.69, 9.17) is 0 Å². The zero-order valence-corrected chi connectivity index (χ0v) is 14.7. The molecule has 106 valence electrons. The van der Waals surface area contributed by atoms with Crippen molar-refractivity contribution >= 4 is 41.6 Å². The van der Waals surface area contributed by atoms with Gasteiger partial charge in [0.25, 0.3) is 0 Å². The quantitative estimate of drug-likeness (QED) is 0.628. The minimum Gasteiger partial charge on any atom is -0.266 e. The molecule has 0 saturated carbocycles. The lowest BCUT2D eigenvalue weighted by Gasteiger charge is -2.19. The number of pyridine rings is 1. The smallest absolute Gasteiger partial charge is 0.128 e. The van der Waals surface area contributed by atoms with Crippen LogP contribution in [0, 0.1) is 0 Å². The Morgan fingerprint density at radius 2 is 2.00 bits per heavy atom. The topological polar surface area (TPSA) is 12.9 Å². The molecule has 0 aliphatic heterocycles. The molecule has 0 spiro atoms. The summed E-state index contributed by atoms with van der Waals surface area (Å²) in [4.78, 5) is 5.93. The van der Waals surface area contributed by atoms with E-state index in [0.29, 0.717) is 0 Å². The Morgan fingerprint density at radius 1 is 1.10 bits per heavy atom. The van der Waals surface area contributed by atoms with Crippen LogP contribution in [0.2, 0.25) is 13.1 Å². The van der Waals surface area contributed by atoms with Crippen LogP contribution in [0.25, 0.3) is 5.57 Å². The summed E-state index contributed by atoms with van der Waals surface area (Å²) in [6, 6.07) is 12.8. The molecule has 0 aliphatic carbocycles. The second-order valence-electron chi connectivity index (χ2n) is 5.48. The Hall–Kier alpha value is -1.49. The third-order valence-corrected chi connectivity index (χ3v) is 7.66. The second-order valence-corrected chi connectivity index (χ2v) is 11.5. The van der Waals surface area contributed by atoms with Crippen LogP contribution in [-0.4, -0.2) is 13.1 Å². The molecule has 3 aromatic rings. The molecule has 1 nitrogen and oxygen atoms in total. The van der Waals surface area contributed by atoms with Gasteiger partial charge in [0.15, 0.2) is 0 Å². The van der Waals surface area contributed by atoms with E-state index in [0.717, 1.165) is 0 Å². The Balaban J connectivity index is 2.08. The van der Waals surface area contributed by atoms with Gasteiger partial charge in [0.1, 0.15) is 8.07 Å². The summed E-state index contributed by atoms with van der Waals surface area (Å²) in [5.74, 6) is 0. The van der Waals surface area contributed by atoms with E-state index in [1.54, 1.807) is 22.7 Å². The SMILES string of the molecule is C[Si](C)(/C=C(/c1ccsc1)c1cccs1)c1ccccn1. The number of nitrogens with zero attached hydrogens (tertiary/aromatic N) is 1.